The van der Waals surface area contributed by atoms with Crippen molar-refractivity contribution < 1.29 is 23.5 Å². The molecule has 0 atom stereocenters. The molecule has 7 heteroatoms. The van der Waals surface area contributed by atoms with Crippen LogP contribution in [0.1, 0.15) is 15.9 Å². The molecule has 0 fully saturated rings. The van der Waals surface area contributed by atoms with Gasteiger partial charge in [0.1, 0.15) is 5.82 Å². The van der Waals surface area contributed by atoms with Gasteiger partial charge in [-0.05, 0) is 48.0 Å². The van der Waals surface area contributed by atoms with Gasteiger partial charge in [-0.25, -0.2) is 9.18 Å². The summed E-state index contributed by atoms with van der Waals surface area (Å²) in [5.74, 6) is -2.18. The lowest BCUT2D eigenvalue weighted by molar-refractivity contribution is -0.142. The van der Waals surface area contributed by atoms with Crippen LogP contribution in [0.15, 0.2) is 54.6 Å². The molecular weight excluding hydrogens is 327 g/mol. The number of hydrogen-bond donors (Lipinski definition) is 2. The normalized spacial score (nSPS) is 10.4. The van der Waals surface area contributed by atoms with E-state index >= 15 is 0 Å². The maximum atomic E-state index is 12.8. The molecule has 0 aliphatic rings. The van der Waals surface area contributed by atoms with Crippen molar-refractivity contribution in [1.82, 2.24) is 0 Å². The third-order valence-electron chi connectivity index (χ3n) is 3.08. The summed E-state index contributed by atoms with van der Waals surface area (Å²) in [5.41, 5.74) is 6.49. The molecule has 0 aromatic heterocycles. The molecule has 2 amide bonds. The van der Waals surface area contributed by atoms with E-state index in [9.17, 15) is 18.8 Å². The summed E-state index contributed by atoms with van der Waals surface area (Å²) >= 11 is 0. The fraction of sp³-hybridized carbons (Fsp3) is 0.0556. The van der Waals surface area contributed by atoms with Gasteiger partial charge in [0.05, 0.1) is 0 Å². The molecule has 0 spiro atoms. The highest BCUT2D eigenvalue weighted by atomic mass is 19.1. The van der Waals surface area contributed by atoms with Crippen LogP contribution in [0.4, 0.5) is 10.1 Å². The van der Waals surface area contributed by atoms with Gasteiger partial charge in [-0.1, -0.05) is 12.1 Å². The van der Waals surface area contributed by atoms with Crippen LogP contribution in [0.25, 0.3) is 6.08 Å². The molecule has 0 unspecified atom stereocenters. The van der Waals surface area contributed by atoms with Crippen molar-refractivity contribution in [2.75, 3.05) is 11.9 Å². The van der Waals surface area contributed by atoms with E-state index in [1.165, 1.54) is 54.6 Å². The summed E-state index contributed by atoms with van der Waals surface area (Å²) in [6.07, 6.45) is 2.59. The Morgan fingerprint density at radius 2 is 1.68 bits per heavy atom. The van der Waals surface area contributed by atoms with Crippen LogP contribution in [0.5, 0.6) is 0 Å². The number of ether oxygens (including phenoxy) is 1. The molecule has 2 aromatic carbocycles. The van der Waals surface area contributed by atoms with Crippen molar-refractivity contribution in [3.63, 3.8) is 0 Å². The molecule has 2 aromatic rings. The summed E-state index contributed by atoms with van der Waals surface area (Å²) < 4.78 is 17.6. The number of primary amides is 1. The third-order valence-corrected chi connectivity index (χ3v) is 3.08. The number of rotatable bonds is 6. The van der Waals surface area contributed by atoms with E-state index in [4.69, 9.17) is 10.5 Å². The summed E-state index contributed by atoms with van der Waals surface area (Å²) in [6, 6.07) is 11.5. The zero-order chi connectivity index (χ0) is 18.2. The van der Waals surface area contributed by atoms with E-state index in [1.54, 1.807) is 0 Å². The molecule has 0 saturated heterocycles. The average molecular weight is 342 g/mol. The maximum absolute atomic E-state index is 12.8. The van der Waals surface area contributed by atoms with Gasteiger partial charge in [-0.2, -0.15) is 0 Å². The molecule has 0 saturated carbocycles. The standard InChI is InChI=1S/C18H15FN2O4/c19-14-6-1-12(2-7-14)3-10-17(23)25-11-16(22)21-15-8-4-13(5-9-15)18(20)24/h1-10H,11H2,(H2,20,24)(H,21,22)/b10-3+. The van der Waals surface area contributed by atoms with Crippen molar-refractivity contribution in [3.8, 4) is 0 Å². The number of esters is 1. The number of benzene rings is 2. The minimum absolute atomic E-state index is 0.315. The molecular formula is C18H15FN2O4. The Morgan fingerprint density at radius 1 is 1.04 bits per heavy atom. The number of halogens is 1. The Kier molecular flexibility index (Phi) is 6.00. The molecule has 0 heterocycles. The second-order valence-electron chi connectivity index (χ2n) is 4.98. The van der Waals surface area contributed by atoms with Gasteiger partial charge < -0.3 is 15.8 Å². The van der Waals surface area contributed by atoms with Crippen LogP contribution in [-0.4, -0.2) is 24.4 Å². The highest BCUT2D eigenvalue weighted by molar-refractivity contribution is 5.96. The third kappa shape index (κ3) is 5.91. The summed E-state index contributed by atoms with van der Waals surface area (Å²) in [6.45, 7) is -0.468. The van der Waals surface area contributed by atoms with Crippen LogP contribution < -0.4 is 11.1 Å². The van der Waals surface area contributed by atoms with Crippen molar-refractivity contribution >= 4 is 29.5 Å². The monoisotopic (exact) mass is 342 g/mol. The van der Waals surface area contributed by atoms with Gasteiger partial charge in [-0.3, -0.25) is 9.59 Å². The van der Waals surface area contributed by atoms with E-state index in [2.05, 4.69) is 5.32 Å². The predicted octanol–water partition coefficient (Wildman–Crippen LogP) is 2.12. The fourth-order valence-corrected chi connectivity index (χ4v) is 1.84. The lowest BCUT2D eigenvalue weighted by Gasteiger charge is -2.05. The molecule has 0 aliphatic carbocycles. The van der Waals surface area contributed by atoms with Gasteiger partial charge in [-0.15, -0.1) is 0 Å². The zero-order valence-corrected chi connectivity index (χ0v) is 13.1. The molecule has 0 bridgehead atoms. The first-order valence-corrected chi connectivity index (χ1v) is 7.24. The summed E-state index contributed by atoms with van der Waals surface area (Å²) in [5, 5.41) is 2.51. The van der Waals surface area contributed by atoms with Gasteiger partial charge >= 0.3 is 5.97 Å². The Balaban J connectivity index is 1.79. The number of anilines is 1. The highest BCUT2D eigenvalue weighted by Crippen LogP contribution is 2.09. The molecule has 128 valence electrons. The Bertz CT molecular complexity index is 799. The van der Waals surface area contributed by atoms with E-state index < -0.39 is 24.4 Å². The average Bonchev–Trinajstić information content (AvgIpc) is 2.60. The van der Waals surface area contributed by atoms with Crippen LogP contribution >= 0.6 is 0 Å². The molecule has 0 aliphatic heterocycles. The van der Waals surface area contributed by atoms with E-state index in [0.29, 0.717) is 16.8 Å². The van der Waals surface area contributed by atoms with Crippen LogP contribution in [0.2, 0.25) is 0 Å². The number of nitrogens with two attached hydrogens (primary N) is 1. The number of nitrogens with one attached hydrogen (secondary N) is 1. The maximum Gasteiger partial charge on any atom is 0.331 e. The Morgan fingerprint density at radius 3 is 2.28 bits per heavy atom. The SMILES string of the molecule is NC(=O)c1ccc(NC(=O)COC(=O)/C=C/c2ccc(F)cc2)cc1. The highest BCUT2D eigenvalue weighted by Gasteiger charge is 2.06. The Hall–Kier alpha value is -3.48. The number of amides is 2. The van der Waals surface area contributed by atoms with Crippen molar-refractivity contribution in [2.45, 2.75) is 0 Å². The first-order chi connectivity index (χ1) is 11.9. The molecule has 25 heavy (non-hydrogen) atoms. The minimum Gasteiger partial charge on any atom is -0.452 e. The number of carbonyl (C=O) groups excluding carboxylic acids is 3. The first kappa shape index (κ1) is 17.9. The summed E-state index contributed by atoms with van der Waals surface area (Å²) in [7, 11) is 0. The lowest BCUT2D eigenvalue weighted by Crippen LogP contribution is -2.20. The first-order valence-electron chi connectivity index (χ1n) is 7.24. The van der Waals surface area contributed by atoms with Crippen LogP contribution in [0, 0.1) is 5.82 Å². The van der Waals surface area contributed by atoms with Crippen LogP contribution in [0.3, 0.4) is 0 Å². The van der Waals surface area contributed by atoms with Gasteiger partial charge in [0.15, 0.2) is 6.61 Å². The minimum atomic E-state index is -0.705. The molecule has 3 N–H and O–H groups in total. The summed E-state index contributed by atoms with van der Waals surface area (Å²) in [4.78, 5) is 34.2. The molecule has 6 nitrogen and oxygen atoms in total. The van der Waals surface area contributed by atoms with Crippen molar-refractivity contribution in [1.29, 1.82) is 0 Å². The smallest absolute Gasteiger partial charge is 0.331 e. The van der Waals surface area contributed by atoms with Crippen molar-refractivity contribution in [2.24, 2.45) is 5.73 Å². The fourth-order valence-electron chi connectivity index (χ4n) is 1.84. The molecule has 0 radical (unpaired) electrons. The van der Waals surface area contributed by atoms with Crippen molar-refractivity contribution in [3.05, 3.63) is 71.6 Å². The predicted molar refractivity (Wildman–Crippen MR) is 90.0 cm³/mol. The zero-order valence-electron chi connectivity index (χ0n) is 13.1. The second kappa shape index (κ2) is 8.39. The van der Waals surface area contributed by atoms with E-state index in [0.717, 1.165) is 6.08 Å². The van der Waals surface area contributed by atoms with Gasteiger partial charge in [0.2, 0.25) is 5.91 Å². The van der Waals surface area contributed by atoms with Gasteiger partial charge in [0, 0.05) is 17.3 Å². The largest absolute Gasteiger partial charge is 0.452 e. The Labute approximate surface area is 143 Å². The van der Waals surface area contributed by atoms with Crippen LogP contribution in [-0.2, 0) is 14.3 Å². The van der Waals surface area contributed by atoms with Gasteiger partial charge in [0.25, 0.3) is 5.91 Å². The van der Waals surface area contributed by atoms with E-state index in [-0.39, 0.29) is 5.82 Å². The lowest BCUT2D eigenvalue weighted by atomic mass is 10.2. The topological polar surface area (TPSA) is 98.5 Å². The van der Waals surface area contributed by atoms with E-state index in [1.807, 2.05) is 0 Å². The second-order valence-corrected chi connectivity index (χ2v) is 4.98. The quantitative estimate of drug-likeness (QED) is 0.620. The number of hydrogen-bond acceptors (Lipinski definition) is 4. The number of carbonyl (C=O) groups is 3. The molecule has 2 rings (SSSR count).